The van der Waals surface area contributed by atoms with Crippen LogP contribution in [0.25, 0.3) is 21.8 Å². The van der Waals surface area contributed by atoms with Gasteiger partial charge in [-0.2, -0.15) is 13.2 Å². The van der Waals surface area contributed by atoms with Gasteiger partial charge in [-0.3, -0.25) is 0 Å². The molecule has 42 heavy (non-hydrogen) atoms. The zero-order valence-electron chi connectivity index (χ0n) is 22.3. The van der Waals surface area contributed by atoms with Gasteiger partial charge in [0, 0.05) is 71.3 Å². The number of nitrogens with one attached hydrogen (secondary N) is 2. The summed E-state index contributed by atoms with van der Waals surface area (Å²) in [5.41, 5.74) is 9.37. The Hall–Kier alpha value is -3.30. The van der Waals surface area contributed by atoms with Gasteiger partial charge in [-0.25, -0.2) is 0 Å². The Labute approximate surface area is 255 Å². The van der Waals surface area contributed by atoms with E-state index in [1.165, 1.54) is 23.2 Å². The number of rotatable bonds is 9. The number of hydrogen-bond acceptors (Lipinski definition) is 3. The van der Waals surface area contributed by atoms with Crippen LogP contribution < -0.4 is 5.73 Å². The summed E-state index contributed by atoms with van der Waals surface area (Å²) in [4.78, 5) is 10.5. The molecule has 0 saturated heterocycles. The minimum absolute atomic E-state index is 0.381. The number of nitrogens with two attached hydrogens (primary N) is 1. The molecule has 0 fully saturated rings. The molecule has 4 aromatic carbocycles. The van der Waals surface area contributed by atoms with E-state index in [9.17, 15) is 13.2 Å². The second-order valence-electron chi connectivity index (χ2n) is 9.87. The molecule has 0 saturated carbocycles. The number of halogens is 4. The van der Waals surface area contributed by atoms with Gasteiger partial charge in [-0.05, 0) is 66.4 Å². The molecule has 6 aromatic rings. The van der Waals surface area contributed by atoms with Crippen LogP contribution in [0.15, 0.2) is 117 Å². The molecule has 0 aliphatic heterocycles. The number of alkyl halides is 3. The van der Waals surface area contributed by atoms with Gasteiger partial charge >= 0.3 is 6.18 Å². The average Bonchev–Trinajstić information content (AvgIpc) is 3.58. The number of aromatic amines is 2. The second kappa shape index (κ2) is 12.1. The van der Waals surface area contributed by atoms with Crippen molar-refractivity contribution in [3.63, 3.8) is 0 Å². The predicted octanol–water partition coefficient (Wildman–Crippen LogP) is 10.1. The fraction of sp³-hybridized carbons (Fsp3) is 0.121. The normalized spacial score (nSPS) is 12.1. The molecule has 0 bridgehead atoms. The Morgan fingerprint density at radius 1 is 0.738 bits per heavy atom. The second-order valence-corrected chi connectivity index (χ2v) is 12.5. The third-order valence-corrected chi connectivity index (χ3v) is 9.74. The van der Waals surface area contributed by atoms with Crippen LogP contribution >= 0.6 is 35.1 Å². The smallest absolute Gasteiger partial charge is 0.360 e. The molecule has 0 atom stereocenters. The third kappa shape index (κ3) is 6.08. The third-order valence-electron chi connectivity index (χ3n) is 7.20. The molecule has 4 N–H and O–H groups in total. The van der Waals surface area contributed by atoms with E-state index in [1.54, 1.807) is 18.0 Å². The van der Waals surface area contributed by atoms with E-state index < -0.39 is 11.7 Å². The van der Waals surface area contributed by atoms with Crippen molar-refractivity contribution < 1.29 is 13.2 Å². The van der Waals surface area contributed by atoms with E-state index in [0.29, 0.717) is 17.1 Å². The van der Waals surface area contributed by atoms with Crippen LogP contribution in [0.3, 0.4) is 0 Å². The summed E-state index contributed by atoms with van der Waals surface area (Å²) in [7, 11) is 0. The van der Waals surface area contributed by atoms with Crippen molar-refractivity contribution in [1.29, 1.82) is 0 Å². The highest BCUT2D eigenvalue weighted by Gasteiger charge is 2.30. The van der Waals surface area contributed by atoms with Crippen LogP contribution in [0.4, 0.5) is 13.2 Å². The van der Waals surface area contributed by atoms with Crippen LogP contribution in [0.1, 0.15) is 23.1 Å². The number of benzene rings is 4. The molecule has 9 heteroatoms. The molecule has 0 aliphatic carbocycles. The number of para-hydroxylation sites is 1. The van der Waals surface area contributed by atoms with E-state index in [4.69, 9.17) is 17.3 Å². The van der Waals surface area contributed by atoms with Gasteiger partial charge in [0.25, 0.3) is 0 Å². The molecule has 1 radical (unpaired) electrons. The first-order valence-corrected chi connectivity index (χ1v) is 15.3. The average molecular weight is 621 g/mol. The lowest BCUT2D eigenvalue weighted by Crippen LogP contribution is -2.15. The van der Waals surface area contributed by atoms with Gasteiger partial charge in [0.05, 0.1) is 5.56 Å². The molecule has 2 heterocycles. The van der Waals surface area contributed by atoms with E-state index in [1.807, 2.05) is 48.7 Å². The maximum Gasteiger partial charge on any atom is 0.416 e. The fourth-order valence-electron chi connectivity index (χ4n) is 5.05. The zero-order valence-corrected chi connectivity index (χ0v) is 24.7. The molecule has 0 unspecified atom stereocenters. The van der Waals surface area contributed by atoms with Crippen molar-refractivity contribution in [3.8, 4) is 0 Å². The fourth-order valence-corrected chi connectivity index (χ4v) is 7.43. The van der Waals surface area contributed by atoms with Crippen molar-refractivity contribution in [1.82, 2.24) is 9.97 Å². The summed E-state index contributed by atoms with van der Waals surface area (Å²) in [6.07, 6.45) is 0.894. The van der Waals surface area contributed by atoms with Gasteiger partial charge in [-0.1, -0.05) is 77.6 Å². The molecule has 3 nitrogen and oxygen atoms in total. The Balaban J connectivity index is 1.23. The first kappa shape index (κ1) is 28.8. The summed E-state index contributed by atoms with van der Waals surface area (Å²) in [6.45, 7) is 0.381. The lowest BCUT2D eigenvalue weighted by Gasteiger charge is -2.19. The van der Waals surface area contributed by atoms with Gasteiger partial charge in [0.15, 0.2) is 0 Å². The molecular weight excluding hydrogens is 595 g/mol. The Morgan fingerprint density at radius 2 is 1.43 bits per heavy atom. The molecule has 0 spiro atoms. The molecule has 0 amide bonds. The summed E-state index contributed by atoms with van der Waals surface area (Å²) >= 11 is 9.67. The van der Waals surface area contributed by atoms with Crippen LogP contribution in [0.2, 0.25) is 5.02 Å². The SMILES string of the molecule is NC[C](CCc1cc(Cl)ccc1Sc1c[nH]c2ccccc12)c1ccccc1Sc1c[nH]c2cc(C(F)(F)F)ccc12. The first-order chi connectivity index (χ1) is 20.3. The van der Waals surface area contributed by atoms with Crippen LogP contribution in [-0.4, -0.2) is 16.5 Å². The monoisotopic (exact) mass is 620 g/mol. The molecule has 6 rings (SSSR count). The highest BCUT2D eigenvalue weighted by Crippen LogP contribution is 2.41. The number of hydrogen-bond donors (Lipinski definition) is 3. The summed E-state index contributed by atoms with van der Waals surface area (Å²) in [6, 6.07) is 26.1. The van der Waals surface area contributed by atoms with Crippen molar-refractivity contribution in [2.24, 2.45) is 5.73 Å². The molecule has 213 valence electrons. The lowest BCUT2D eigenvalue weighted by atomic mass is 9.92. The quantitative estimate of drug-likeness (QED) is 0.151. The molecular formula is C33H26ClF3N3S2. The van der Waals surface area contributed by atoms with Crippen LogP contribution in [-0.2, 0) is 12.6 Å². The van der Waals surface area contributed by atoms with Crippen molar-refractivity contribution in [2.45, 2.75) is 38.6 Å². The largest absolute Gasteiger partial charge is 0.416 e. The lowest BCUT2D eigenvalue weighted by molar-refractivity contribution is -0.137. The highest BCUT2D eigenvalue weighted by molar-refractivity contribution is 8.00. The van der Waals surface area contributed by atoms with Crippen molar-refractivity contribution >= 4 is 56.9 Å². The predicted molar refractivity (Wildman–Crippen MR) is 167 cm³/mol. The zero-order chi connectivity index (χ0) is 29.3. The van der Waals surface area contributed by atoms with Crippen molar-refractivity contribution in [3.05, 3.63) is 125 Å². The maximum absolute atomic E-state index is 13.2. The van der Waals surface area contributed by atoms with Gasteiger partial charge in [0.1, 0.15) is 0 Å². The minimum atomic E-state index is -4.39. The topological polar surface area (TPSA) is 57.6 Å². The van der Waals surface area contributed by atoms with E-state index >= 15 is 0 Å². The maximum atomic E-state index is 13.2. The van der Waals surface area contributed by atoms with E-state index in [0.717, 1.165) is 72.5 Å². The number of aromatic nitrogens is 2. The Bertz CT molecular complexity index is 1860. The Morgan fingerprint density at radius 3 is 2.21 bits per heavy atom. The summed E-state index contributed by atoms with van der Waals surface area (Å²) in [5.74, 6) is 1.10. The summed E-state index contributed by atoms with van der Waals surface area (Å²) in [5, 5.41) is 2.61. The standard InChI is InChI=1S/C33H26ClF3N3S2/c34-23-12-14-29(41-31-18-39-27-7-3-1-6-25(27)31)20(15-23)9-10-21(17-38)24-5-2-4-8-30(24)42-32-19-40-28-16-22(33(35,36)37)11-13-26(28)32/h1-8,11-16,18-19,39-40H,9-10,17,38H2. The van der Waals surface area contributed by atoms with E-state index in [2.05, 4.69) is 34.2 Å². The number of fused-ring (bicyclic) bond motifs is 2. The number of H-pyrrole nitrogens is 2. The van der Waals surface area contributed by atoms with Crippen LogP contribution in [0, 0.1) is 5.92 Å². The minimum Gasteiger partial charge on any atom is -0.360 e. The molecule has 2 aromatic heterocycles. The Kier molecular flexibility index (Phi) is 8.32. The van der Waals surface area contributed by atoms with Crippen LogP contribution in [0.5, 0.6) is 0 Å². The number of aryl methyl sites for hydroxylation is 1. The molecule has 0 aliphatic rings. The van der Waals surface area contributed by atoms with Crippen molar-refractivity contribution in [2.75, 3.05) is 6.54 Å². The summed E-state index contributed by atoms with van der Waals surface area (Å²) < 4.78 is 39.6. The highest BCUT2D eigenvalue weighted by atomic mass is 35.5. The van der Waals surface area contributed by atoms with Gasteiger partial charge in [-0.15, -0.1) is 0 Å². The van der Waals surface area contributed by atoms with Gasteiger partial charge in [0.2, 0.25) is 0 Å². The first-order valence-electron chi connectivity index (χ1n) is 13.3. The van der Waals surface area contributed by atoms with E-state index in [-0.39, 0.29) is 0 Å². The van der Waals surface area contributed by atoms with Gasteiger partial charge < -0.3 is 15.7 Å².